The van der Waals surface area contributed by atoms with Crippen LogP contribution in [0.1, 0.15) is 71.6 Å². The molecule has 8 heteroatoms. The van der Waals surface area contributed by atoms with Crippen molar-refractivity contribution in [2.45, 2.75) is 76.5 Å². The minimum atomic E-state index is -3.95. The number of urea groups is 1. The minimum Gasteiger partial charge on any atom is -0.337 e. The van der Waals surface area contributed by atoms with Crippen molar-refractivity contribution in [1.29, 1.82) is 0 Å². The summed E-state index contributed by atoms with van der Waals surface area (Å²) < 4.78 is 26.6. The molecule has 0 aliphatic heterocycles. The molecule has 1 aromatic carbocycles. The van der Waals surface area contributed by atoms with Gasteiger partial charge in [-0.2, -0.15) is 0 Å². The smallest absolute Gasteiger partial charge is 0.328 e. The highest BCUT2D eigenvalue weighted by atomic mass is 32.2. The van der Waals surface area contributed by atoms with Crippen molar-refractivity contribution in [3.05, 3.63) is 24.3 Å². The molecule has 0 unspecified atom stereocenters. The van der Waals surface area contributed by atoms with Crippen LogP contribution in [0.25, 0.3) is 0 Å². The molecule has 1 aliphatic rings. The number of carbonyl (C=O) groups is 2. The zero-order chi connectivity index (χ0) is 22.0. The third kappa shape index (κ3) is 7.63. The minimum absolute atomic E-state index is 0.00650. The van der Waals surface area contributed by atoms with Crippen molar-refractivity contribution in [3.8, 4) is 0 Å². The molecule has 0 atom stereocenters. The maximum absolute atomic E-state index is 12.5. The molecule has 30 heavy (non-hydrogen) atoms. The fourth-order valence-electron chi connectivity index (χ4n) is 3.76. The number of anilines is 1. The number of unbranched alkanes of at least 4 members (excludes halogenated alkanes) is 2. The molecule has 3 N–H and O–H groups in total. The summed E-state index contributed by atoms with van der Waals surface area (Å²) in [6, 6.07) is 5.14. The van der Waals surface area contributed by atoms with Crippen LogP contribution in [0.3, 0.4) is 0 Å². The summed E-state index contributed by atoms with van der Waals surface area (Å²) in [4.78, 5) is 24.2. The number of nitrogens with one attached hydrogen (secondary N) is 3. The van der Waals surface area contributed by atoms with Crippen LogP contribution in [0.2, 0.25) is 0 Å². The average molecular weight is 438 g/mol. The molecule has 2 rings (SSSR count). The van der Waals surface area contributed by atoms with E-state index in [0.717, 1.165) is 44.4 Å². The number of rotatable bonds is 10. The molecular formula is C22H35N3O4S. The van der Waals surface area contributed by atoms with Crippen molar-refractivity contribution in [1.82, 2.24) is 10.0 Å². The molecule has 0 aromatic heterocycles. The van der Waals surface area contributed by atoms with Crippen LogP contribution in [0.4, 0.5) is 10.5 Å². The molecule has 3 amide bonds. The third-order valence-electron chi connectivity index (χ3n) is 5.66. The van der Waals surface area contributed by atoms with Gasteiger partial charge >= 0.3 is 6.03 Å². The first-order chi connectivity index (χ1) is 14.4. The van der Waals surface area contributed by atoms with E-state index in [2.05, 4.69) is 17.6 Å². The van der Waals surface area contributed by atoms with Gasteiger partial charge in [-0.1, -0.05) is 39.5 Å². The Kier molecular flexibility index (Phi) is 9.62. The Balaban J connectivity index is 1.85. The van der Waals surface area contributed by atoms with E-state index < -0.39 is 16.1 Å². The lowest BCUT2D eigenvalue weighted by Gasteiger charge is -2.27. The number of hydrogen-bond donors (Lipinski definition) is 3. The van der Waals surface area contributed by atoms with Crippen LogP contribution < -0.4 is 15.4 Å². The van der Waals surface area contributed by atoms with E-state index in [-0.39, 0.29) is 16.7 Å². The van der Waals surface area contributed by atoms with Gasteiger partial charge in [-0.3, -0.25) is 4.79 Å². The topological polar surface area (TPSA) is 104 Å². The van der Waals surface area contributed by atoms with Gasteiger partial charge in [-0.15, -0.1) is 0 Å². The Bertz CT molecular complexity index is 785. The van der Waals surface area contributed by atoms with Crippen LogP contribution in [-0.2, 0) is 14.8 Å². The summed E-state index contributed by atoms with van der Waals surface area (Å²) in [7, 11) is -3.95. The van der Waals surface area contributed by atoms with Gasteiger partial charge in [0, 0.05) is 18.2 Å². The van der Waals surface area contributed by atoms with E-state index in [0.29, 0.717) is 12.2 Å². The number of benzene rings is 1. The summed E-state index contributed by atoms with van der Waals surface area (Å²) in [6.45, 7) is 4.60. The van der Waals surface area contributed by atoms with Gasteiger partial charge in [0.1, 0.15) is 0 Å². The van der Waals surface area contributed by atoms with E-state index in [1.165, 1.54) is 31.4 Å². The Morgan fingerprint density at radius 1 is 0.967 bits per heavy atom. The molecule has 168 valence electrons. The van der Waals surface area contributed by atoms with E-state index in [1.54, 1.807) is 12.1 Å². The lowest BCUT2D eigenvalue weighted by Crippen LogP contribution is -2.39. The fraction of sp³-hybridized carbons (Fsp3) is 0.636. The third-order valence-corrected chi connectivity index (χ3v) is 7.01. The molecule has 0 bridgehead atoms. The van der Waals surface area contributed by atoms with Crippen molar-refractivity contribution < 1.29 is 18.0 Å². The quantitative estimate of drug-likeness (QED) is 0.472. The summed E-state index contributed by atoms with van der Waals surface area (Å²) >= 11 is 0. The summed E-state index contributed by atoms with van der Waals surface area (Å²) in [5.74, 6) is 0.748. The maximum atomic E-state index is 12.5. The first-order valence-electron chi connectivity index (χ1n) is 11.1. The van der Waals surface area contributed by atoms with E-state index in [9.17, 15) is 18.0 Å². The number of amides is 3. The lowest BCUT2D eigenvalue weighted by atomic mass is 9.79. The Morgan fingerprint density at radius 3 is 2.20 bits per heavy atom. The zero-order valence-electron chi connectivity index (χ0n) is 18.1. The average Bonchev–Trinajstić information content (AvgIpc) is 2.73. The van der Waals surface area contributed by atoms with Crippen molar-refractivity contribution in [2.75, 3.05) is 11.9 Å². The van der Waals surface area contributed by atoms with Crippen LogP contribution >= 0.6 is 0 Å². The number of hydrogen-bond acceptors (Lipinski definition) is 4. The number of carbonyl (C=O) groups excluding carboxylic acids is 2. The predicted molar refractivity (Wildman–Crippen MR) is 119 cm³/mol. The highest BCUT2D eigenvalue weighted by Crippen LogP contribution is 2.32. The van der Waals surface area contributed by atoms with Crippen LogP contribution in [0.15, 0.2) is 29.2 Å². The molecule has 7 nitrogen and oxygen atoms in total. The van der Waals surface area contributed by atoms with Crippen LogP contribution in [-0.4, -0.2) is 26.9 Å². The van der Waals surface area contributed by atoms with Gasteiger partial charge in [-0.25, -0.2) is 17.9 Å². The molecule has 1 aliphatic carbocycles. The Hall–Kier alpha value is -2.09. The summed E-state index contributed by atoms with van der Waals surface area (Å²) in [5.41, 5.74) is 0.555. The van der Waals surface area contributed by atoms with Gasteiger partial charge in [0.05, 0.1) is 4.90 Å². The molecule has 1 aromatic rings. The van der Waals surface area contributed by atoms with Gasteiger partial charge < -0.3 is 10.6 Å². The fourth-order valence-corrected chi connectivity index (χ4v) is 4.69. The van der Waals surface area contributed by atoms with Gasteiger partial charge in [0.2, 0.25) is 5.91 Å². The van der Waals surface area contributed by atoms with E-state index in [4.69, 9.17) is 0 Å². The molecule has 0 heterocycles. The predicted octanol–water partition coefficient (Wildman–Crippen LogP) is 4.41. The van der Waals surface area contributed by atoms with E-state index in [1.807, 2.05) is 11.6 Å². The lowest BCUT2D eigenvalue weighted by molar-refractivity contribution is -0.121. The SMILES string of the molecule is CCCCNC(=O)NS(=O)(=O)c1ccc(NC(=O)C2CCC(CCCC)CC2)cc1. The van der Waals surface area contributed by atoms with Crippen molar-refractivity contribution in [3.63, 3.8) is 0 Å². The van der Waals surface area contributed by atoms with Gasteiger partial charge in [0.15, 0.2) is 0 Å². The molecular weight excluding hydrogens is 402 g/mol. The zero-order valence-corrected chi connectivity index (χ0v) is 18.9. The second kappa shape index (κ2) is 11.9. The van der Waals surface area contributed by atoms with E-state index >= 15 is 0 Å². The molecule has 1 fully saturated rings. The summed E-state index contributed by atoms with van der Waals surface area (Å²) in [6.07, 6.45) is 9.42. The normalized spacial score (nSPS) is 19.1. The highest BCUT2D eigenvalue weighted by Gasteiger charge is 2.26. The molecule has 0 saturated heterocycles. The van der Waals surface area contributed by atoms with Gasteiger partial charge in [-0.05, 0) is 62.3 Å². The molecule has 0 spiro atoms. The highest BCUT2D eigenvalue weighted by molar-refractivity contribution is 7.90. The second-order valence-electron chi connectivity index (χ2n) is 8.09. The first-order valence-corrected chi connectivity index (χ1v) is 12.6. The Labute approximate surface area is 180 Å². The number of sulfonamides is 1. The van der Waals surface area contributed by atoms with Crippen molar-refractivity contribution in [2.24, 2.45) is 11.8 Å². The first kappa shape index (κ1) is 24.2. The monoisotopic (exact) mass is 437 g/mol. The largest absolute Gasteiger partial charge is 0.337 e. The van der Waals surface area contributed by atoms with Crippen LogP contribution in [0.5, 0.6) is 0 Å². The van der Waals surface area contributed by atoms with Crippen molar-refractivity contribution >= 4 is 27.6 Å². The molecule has 1 saturated carbocycles. The maximum Gasteiger partial charge on any atom is 0.328 e. The standard InChI is InChI=1S/C22H35N3O4S/c1-3-5-7-17-8-10-18(11-9-17)21(26)24-19-12-14-20(15-13-19)30(28,29)25-22(27)23-16-6-4-2/h12-15,17-18H,3-11,16H2,1-2H3,(H,24,26)(H2,23,25,27). The second-order valence-corrected chi connectivity index (χ2v) is 9.77. The Morgan fingerprint density at radius 2 is 1.60 bits per heavy atom. The molecule has 0 radical (unpaired) electrons. The summed E-state index contributed by atoms with van der Waals surface area (Å²) in [5, 5.41) is 5.40. The van der Waals surface area contributed by atoms with Crippen LogP contribution in [0, 0.1) is 11.8 Å². The van der Waals surface area contributed by atoms with Gasteiger partial charge in [0.25, 0.3) is 10.0 Å².